The molecular weight excluding hydrogens is 476 g/mol. The molecule has 1 amide bonds. The Labute approximate surface area is 213 Å². The maximum absolute atomic E-state index is 13.7. The number of anilines is 1. The summed E-state index contributed by atoms with van der Waals surface area (Å²) in [5.74, 6) is 0.453. The zero-order chi connectivity index (χ0) is 25.2. The van der Waals surface area contributed by atoms with Crippen LogP contribution in [0.25, 0.3) is 22.2 Å². The van der Waals surface area contributed by atoms with Crippen LogP contribution in [0, 0.1) is 0 Å². The van der Waals surface area contributed by atoms with E-state index in [1.807, 2.05) is 42.5 Å². The number of carbonyl (C=O) groups excluding carboxylic acids is 2. The first kappa shape index (κ1) is 23.8. The SMILES string of the molecule is COC(=O)c1c(NC(=O)c2cc(-c3ccc(OC)c(OC)c3)nc3ccccc23)sc2c1CCCC2. The molecule has 0 radical (unpaired) electrons. The van der Waals surface area contributed by atoms with E-state index in [-0.39, 0.29) is 5.91 Å². The minimum atomic E-state index is -0.421. The maximum atomic E-state index is 13.7. The Kier molecular flexibility index (Phi) is 6.61. The van der Waals surface area contributed by atoms with Crippen LogP contribution in [0.1, 0.15) is 44.0 Å². The zero-order valence-electron chi connectivity index (χ0n) is 20.3. The number of para-hydroxylation sites is 1. The third kappa shape index (κ3) is 4.28. The second-order valence-corrected chi connectivity index (χ2v) is 9.61. The first-order chi connectivity index (χ1) is 17.5. The Morgan fingerprint density at radius 2 is 1.72 bits per heavy atom. The van der Waals surface area contributed by atoms with Crippen molar-refractivity contribution in [2.24, 2.45) is 0 Å². The zero-order valence-corrected chi connectivity index (χ0v) is 21.2. The summed E-state index contributed by atoms with van der Waals surface area (Å²) >= 11 is 1.46. The highest BCUT2D eigenvalue weighted by atomic mass is 32.1. The topological polar surface area (TPSA) is 86.8 Å². The largest absolute Gasteiger partial charge is 0.493 e. The van der Waals surface area contributed by atoms with Crippen molar-refractivity contribution in [2.45, 2.75) is 25.7 Å². The highest BCUT2D eigenvalue weighted by Crippen LogP contribution is 2.39. The monoisotopic (exact) mass is 502 g/mol. The molecule has 2 aromatic carbocycles. The van der Waals surface area contributed by atoms with Crippen LogP contribution in [0.2, 0.25) is 0 Å². The van der Waals surface area contributed by atoms with Gasteiger partial charge in [-0.25, -0.2) is 9.78 Å². The standard InChI is InChI=1S/C28H26N2O5S/c1-33-22-13-12-16(14-23(22)34-2)21-15-19(17-8-4-6-10-20(17)29-21)26(31)30-27-25(28(32)35-3)18-9-5-7-11-24(18)36-27/h4,6,8,10,12-15H,5,7,9,11H2,1-3H3,(H,30,31). The Bertz CT molecular complexity index is 1480. The number of amides is 1. The van der Waals surface area contributed by atoms with Gasteiger partial charge in [-0.05, 0) is 61.6 Å². The van der Waals surface area contributed by atoms with Gasteiger partial charge in [0, 0.05) is 15.8 Å². The van der Waals surface area contributed by atoms with Crippen LogP contribution in [0.4, 0.5) is 5.00 Å². The summed E-state index contributed by atoms with van der Waals surface area (Å²) in [6.45, 7) is 0. The average molecular weight is 503 g/mol. The highest BCUT2D eigenvalue weighted by Gasteiger charge is 2.27. The molecule has 1 aliphatic rings. The first-order valence-electron chi connectivity index (χ1n) is 11.7. The van der Waals surface area contributed by atoms with Crippen LogP contribution in [-0.4, -0.2) is 38.2 Å². The normalized spacial score (nSPS) is 12.6. The number of carbonyl (C=O) groups is 2. The predicted molar refractivity (Wildman–Crippen MR) is 141 cm³/mol. The van der Waals surface area contributed by atoms with Crippen LogP contribution >= 0.6 is 11.3 Å². The van der Waals surface area contributed by atoms with Gasteiger partial charge < -0.3 is 19.5 Å². The summed E-state index contributed by atoms with van der Waals surface area (Å²) < 4.78 is 15.9. The van der Waals surface area contributed by atoms with Gasteiger partial charge in [0.05, 0.1) is 43.7 Å². The number of aromatic nitrogens is 1. The van der Waals surface area contributed by atoms with Crippen molar-refractivity contribution < 1.29 is 23.8 Å². The van der Waals surface area contributed by atoms with Crippen molar-refractivity contribution >= 4 is 39.1 Å². The molecule has 184 valence electrons. The molecule has 8 heteroatoms. The number of rotatable bonds is 6. The minimum Gasteiger partial charge on any atom is -0.493 e. The van der Waals surface area contributed by atoms with Gasteiger partial charge in [-0.3, -0.25) is 4.79 Å². The molecule has 0 bridgehead atoms. The van der Waals surface area contributed by atoms with Crippen molar-refractivity contribution in [1.29, 1.82) is 0 Å². The number of nitrogens with zero attached hydrogens (tertiary/aromatic N) is 1. The van der Waals surface area contributed by atoms with Crippen molar-refractivity contribution in [3.63, 3.8) is 0 Å². The van der Waals surface area contributed by atoms with Crippen LogP contribution < -0.4 is 14.8 Å². The molecule has 1 N–H and O–H groups in total. The number of aryl methyl sites for hydroxylation is 1. The molecule has 0 aliphatic heterocycles. The molecule has 0 atom stereocenters. The fourth-order valence-corrected chi connectivity index (χ4v) is 5.92. The lowest BCUT2D eigenvalue weighted by molar-refractivity contribution is 0.0601. The van der Waals surface area contributed by atoms with E-state index in [0.29, 0.717) is 38.8 Å². The predicted octanol–water partition coefficient (Wildman–Crippen LogP) is 5.90. The number of methoxy groups -OCH3 is 3. The Hall–Kier alpha value is -3.91. The molecule has 1 aliphatic carbocycles. The molecule has 2 heterocycles. The van der Waals surface area contributed by atoms with Crippen LogP contribution in [0.15, 0.2) is 48.5 Å². The number of hydrogen-bond acceptors (Lipinski definition) is 7. The Balaban J connectivity index is 1.59. The molecule has 4 aromatic rings. The van der Waals surface area contributed by atoms with Crippen molar-refractivity contribution in [1.82, 2.24) is 4.98 Å². The lowest BCUT2D eigenvalue weighted by Crippen LogP contribution is -2.16. The minimum absolute atomic E-state index is 0.306. The van der Waals surface area contributed by atoms with Crippen molar-refractivity contribution in [3.05, 3.63) is 70.1 Å². The highest BCUT2D eigenvalue weighted by molar-refractivity contribution is 7.17. The van der Waals surface area contributed by atoms with E-state index in [0.717, 1.165) is 47.1 Å². The fraction of sp³-hybridized carbons (Fsp3) is 0.250. The van der Waals surface area contributed by atoms with Gasteiger partial charge in [0.15, 0.2) is 11.5 Å². The van der Waals surface area contributed by atoms with Crippen LogP contribution in [0.5, 0.6) is 11.5 Å². The molecule has 36 heavy (non-hydrogen) atoms. The molecule has 2 aromatic heterocycles. The number of ether oxygens (including phenoxy) is 3. The number of esters is 1. The van der Waals surface area contributed by atoms with Gasteiger partial charge >= 0.3 is 5.97 Å². The van der Waals surface area contributed by atoms with Crippen molar-refractivity contribution in [2.75, 3.05) is 26.6 Å². The van der Waals surface area contributed by atoms with E-state index in [9.17, 15) is 9.59 Å². The number of fused-ring (bicyclic) bond motifs is 2. The first-order valence-corrected chi connectivity index (χ1v) is 12.5. The number of thiophene rings is 1. The van der Waals surface area contributed by atoms with Gasteiger partial charge in [-0.1, -0.05) is 18.2 Å². The number of pyridine rings is 1. The second-order valence-electron chi connectivity index (χ2n) is 8.50. The Morgan fingerprint density at radius 1 is 0.944 bits per heavy atom. The number of hydrogen-bond donors (Lipinski definition) is 1. The van der Waals surface area contributed by atoms with Gasteiger partial charge in [0.2, 0.25) is 0 Å². The molecule has 5 rings (SSSR count). The van der Waals surface area contributed by atoms with E-state index >= 15 is 0 Å². The average Bonchev–Trinajstić information content (AvgIpc) is 3.29. The van der Waals surface area contributed by atoms with Gasteiger partial charge in [-0.15, -0.1) is 11.3 Å². The fourth-order valence-electron chi connectivity index (χ4n) is 4.65. The van der Waals surface area contributed by atoms with Crippen LogP contribution in [0.3, 0.4) is 0 Å². The summed E-state index contributed by atoms with van der Waals surface area (Å²) in [7, 11) is 4.53. The summed E-state index contributed by atoms with van der Waals surface area (Å²) in [5, 5.41) is 4.27. The summed E-state index contributed by atoms with van der Waals surface area (Å²) in [5.41, 5.74) is 4.04. The maximum Gasteiger partial charge on any atom is 0.341 e. The van der Waals surface area contributed by atoms with Gasteiger partial charge in [0.25, 0.3) is 5.91 Å². The van der Waals surface area contributed by atoms with Crippen LogP contribution in [-0.2, 0) is 17.6 Å². The third-order valence-corrected chi connectivity index (χ3v) is 7.64. The molecule has 0 saturated heterocycles. The summed E-state index contributed by atoms with van der Waals surface area (Å²) in [6, 6.07) is 14.8. The number of nitrogens with one attached hydrogen (secondary N) is 1. The lowest BCUT2D eigenvalue weighted by atomic mass is 9.95. The molecule has 0 spiro atoms. The second kappa shape index (κ2) is 9.99. The quantitative estimate of drug-likeness (QED) is 0.331. The molecule has 7 nitrogen and oxygen atoms in total. The Morgan fingerprint density at radius 3 is 2.50 bits per heavy atom. The third-order valence-electron chi connectivity index (χ3n) is 6.43. The van der Waals surface area contributed by atoms with Crippen molar-refractivity contribution in [3.8, 4) is 22.8 Å². The van der Waals surface area contributed by atoms with E-state index < -0.39 is 5.97 Å². The molecule has 0 saturated carbocycles. The van der Waals surface area contributed by atoms with E-state index in [2.05, 4.69) is 5.32 Å². The summed E-state index contributed by atoms with van der Waals surface area (Å²) in [6.07, 6.45) is 3.81. The van der Waals surface area contributed by atoms with E-state index in [4.69, 9.17) is 19.2 Å². The molecule has 0 fully saturated rings. The van der Waals surface area contributed by atoms with Gasteiger partial charge in [0.1, 0.15) is 5.00 Å². The molecular formula is C28H26N2O5S. The smallest absolute Gasteiger partial charge is 0.341 e. The molecule has 0 unspecified atom stereocenters. The van der Waals surface area contributed by atoms with Gasteiger partial charge in [-0.2, -0.15) is 0 Å². The summed E-state index contributed by atoms with van der Waals surface area (Å²) in [4.78, 5) is 32.3. The number of benzene rings is 2. The van der Waals surface area contributed by atoms with E-state index in [1.54, 1.807) is 20.3 Å². The van der Waals surface area contributed by atoms with E-state index in [1.165, 1.54) is 18.4 Å². The lowest BCUT2D eigenvalue weighted by Gasteiger charge is -2.13.